The molecule has 0 saturated carbocycles. The van der Waals surface area contributed by atoms with Gasteiger partial charge < -0.3 is 0 Å². The molecule has 0 saturated heterocycles. The molecule has 0 N–H and O–H groups in total. The SMILES string of the molecule is CCCCCCCCCCCCCCCCCCC/C=C/CCCc1ccccc1N=C(CCCCCCCC)C(CCCC)=Nc1ccc(/C=C/CCCCCCCCCCCCCCCCCCCCCCCCCCCC)cc1.[Pd]. The van der Waals surface area contributed by atoms with Crippen molar-refractivity contribution in [2.75, 3.05) is 0 Å². The van der Waals surface area contributed by atoms with E-state index in [1.165, 1.54) is 356 Å². The normalized spacial score (nSPS) is 12.2. The van der Waals surface area contributed by atoms with Crippen LogP contribution in [0.3, 0.4) is 0 Å². The zero-order valence-corrected chi connectivity index (χ0v) is 57.7. The van der Waals surface area contributed by atoms with Crippen LogP contribution in [0.1, 0.15) is 405 Å². The quantitative estimate of drug-likeness (QED) is 0.0273. The molecule has 0 aliphatic rings. The first kappa shape index (κ1) is 78.9. The molecule has 0 bridgehead atoms. The standard InChI is InChI=1S/C80H140N2.Pd/c1-5-9-13-16-19-21-23-25-27-29-31-33-35-36-37-38-39-40-41-43-45-47-49-51-53-55-57-60-65-75-71-73-77(74-72-75)81-79(68-12-8-4)80(70-62-59-18-15-11-7-3)82-78-69-64-63-67-76(78)66-61-58-56-54-52-50-48-46-44-42-34-32-30-28-26-24-22-20-17-14-10-6-2;/h54,56,60,63-65,67,69,71-74H,5-53,55,57-59,61-62,66,68,70H2,1-4H3;/b56-54+,65-60+,81-79?,82-80?;. The van der Waals surface area contributed by atoms with Crippen LogP contribution in [0.4, 0.5) is 11.4 Å². The summed E-state index contributed by atoms with van der Waals surface area (Å²) in [6.45, 7) is 9.24. The predicted octanol–water partition coefficient (Wildman–Crippen LogP) is 29.0. The number of unbranched alkanes of at least 4 members (excludes halogenated alkanes) is 50. The second-order valence-electron chi connectivity index (χ2n) is 25.8. The average Bonchev–Trinajstić information content (AvgIpc) is 3.49. The van der Waals surface area contributed by atoms with Gasteiger partial charge in [-0.2, -0.15) is 0 Å². The average molecular weight is 1240 g/mol. The van der Waals surface area contributed by atoms with Gasteiger partial charge in [-0.1, -0.05) is 384 Å². The van der Waals surface area contributed by atoms with Crippen LogP contribution in [0, 0.1) is 0 Å². The molecular formula is C80H140N2Pd. The monoisotopic (exact) mass is 1240 g/mol. The Balaban J connectivity index is 0.0000344. The van der Waals surface area contributed by atoms with Crippen LogP contribution in [0.2, 0.25) is 0 Å². The summed E-state index contributed by atoms with van der Waals surface area (Å²) in [7, 11) is 0. The van der Waals surface area contributed by atoms with Crippen LogP contribution in [0.25, 0.3) is 6.08 Å². The topological polar surface area (TPSA) is 24.7 Å². The number of para-hydroxylation sites is 1. The Morgan fingerprint density at radius 1 is 0.289 bits per heavy atom. The van der Waals surface area contributed by atoms with Gasteiger partial charge in [-0.15, -0.1) is 0 Å². The number of hydrogen-bond donors (Lipinski definition) is 0. The van der Waals surface area contributed by atoms with E-state index >= 15 is 0 Å². The third-order valence-corrected chi connectivity index (χ3v) is 17.8. The smallest absolute Gasteiger partial charge is 0.0665 e. The molecule has 0 fully saturated rings. The molecule has 0 unspecified atom stereocenters. The van der Waals surface area contributed by atoms with E-state index in [1.54, 1.807) is 0 Å². The van der Waals surface area contributed by atoms with E-state index in [0.717, 1.165) is 49.9 Å². The maximum absolute atomic E-state index is 5.55. The second-order valence-corrected chi connectivity index (χ2v) is 25.8. The molecule has 3 heteroatoms. The molecule has 0 heterocycles. The summed E-state index contributed by atoms with van der Waals surface area (Å²) in [6, 6.07) is 18.0. The van der Waals surface area contributed by atoms with Crippen molar-refractivity contribution in [3.05, 3.63) is 77.9 Å². The Kier molecular flexibility index (Phi) is 61.2. The molecule has 0 radical (unpaired) electrons. The summed E-state index contributed by atoms with van der Waals surface area (Å²) in [6.07, 6.45) is 89.5. The maximum atomic E-state index is 5.55. The molecule has 2 nitrogen and oxygen atoms in total. The Hall–Kier alpha value is -2.08. The summed E-state index contributed by atoms with van der Waals surface area (Å²) >= 11 is 0. The summed E-state index contributed by atoms with van der Waals surface area (Å²) < 4.78 is 0. The molecule has 0 aromatic heterocycles. The minimum atomic E-state index is 0. The fourth-order valence-electron chi connectivity index (χ4n) is 12.2. The largest absolute Gasteiger partial charge is 0.252 e. The van der Waals surface area contributed by atoms with Crippen molar-refractivity contribution in [2.45, 2.75) is 400 Å². The van der Waals surface area contributed by atoms with Crippen molar-refractivity contribution >= 4 is 28.9 Å². The van der Waals surface area contributed by atoms with Crippen molar-refractivity contribution in [1.82, 2.24) is 0 Å². The van der Waals surface area contributed by atoms with Gasteiger partial charge in [0.15, 0.2) is 0 Å². The van der Waals surface area contributed by atoms with Gasteiger partial charge in [0.05, 0.1) is 22.8 Å². The number of hydrogen-bond acceptors (Lipinski definition) is 2. The molecule has 480 valence electrons. The molecule has 2 rings (SSSR count). The Labute approximate surface area is 533 Å². The van der Waals surface area contributed by atoms with E-state index in [9.17, 15) is 0 Å². The van der Waals surface area contributed by atoms with Crippen LogP contribution < -0.4 is 0 Å². The summed E-state index contributed by atoms with van der Waals surface area (Å²) in [5.74, 6) is 0. The van der Waals surface area contributed by atoms with Gasteiger partial charge in [-0.3, -0.25) is 9.98 Å². The van der Waals surface area contributed by atoms with E-state index in [4.69, 9.17) is 9.98 Å². The third-order valence-electron chi connectivity index (χ3n) is 17.8. The molecule has 0 atom stereocenters. The van der Waals surface area contributed by atoms with Gasteiger partial charge in [0, 0.05) is 20.4 Å². The zero-order chi connectivity index (χ0) is 58.4. The van der Waals surface area contributed by atoms with Crippen molar-refractivity contribution in [3.63, 3.8) is 0 Å². The predicted molar refractivity (Wildman–Crippen MR) is 375 cm³/mol. The van der Waals surface area contributed by atoms with Gasteiger partial charge in [-0.25, -0.2) is 0 Å². The van der Waals surface area contributed by atoms with E-state index < -0.39 is 0 Å². The summed E-state index contributed by atoms with van der Waals surface area (Å²) in [5.41, 5.74) is 7.29. The fraction of sp³-hybridized carbons (Fsp3) is 0.775. The minimum absolute atomic E-state index is 0. The molecule has 0 aliphatic heterocycles. The van der Waals surface area contributed by atoms with E-state index in [0.29, 0.717) is 0 Å². The van der Waals surface area contributed by atoms with Crippen molar-refractivity contribution in [3.8, 4) is 0 Å². The number of aryl methyl sites for hydroxylation is 1. The Morgan fingerprint density at radius 3 is 0.976 bits per heavy atom. The fourth-order valence-corrected chi connectivity index (χ4v) is 12.2. The van der Waals surface area contributed by atoms with Crippen LogP contribution in [-0.4, -0.2) is 11.4 Å². The van der Waals surface area contributed by atoms with Crippen LogP contribution in [0.15, 0.2) is 76.7 Å². The maximum Gasteiger partial charge on any atom is 0.0665 e. The molecule has 0 amide bonds. The molecule has 2 aromatic carbocycles. The third kappa shape index (κ3) is 51.7. The van der Waals surface area contributed by atoms with Crippen molar-refractivity contribution in [2.24, 2.45) is 9.98 Å². The minimum Gasteiger partial charge on any atom is -0.252 e. The molecule has 0 spiro atoms. The number of aliphatic imine (C=N–C) groups is 2. The molecule has 0 aliphatic carbocycles. The van der Waals surface area contributed by atoms with Crippen molar-refractivity contribution in [1.29, 1.82) is 0 Å². The van der Waals surface area contributed by atoms with Crippen LogP contribution in [-0.2, 0) is 26.8 Å². The van der Waals surface area contributed by atoms with Gasteiger partial charge in [0.25, 0.3) is 0 Å². The van der Waals surface area contributed by atoms with Gasteiger partial charge >= 0.3 is 0 Å². The van der Waals surface area contributed by atoms with Crippen LogP contribution >= 0.6 is 0 Å². The second kappa shape index (κ2) is 64.4. The van der Waals surface area contributed by atoms with Crippen molar-refractivity contribution < 1.29 is 20.4 Å². The number of allylic oxidation sites excluding steroid dienone is 3. The molecular weight excluding hydrogens is 1100 g/mol. The Bertz CT molecular complexity index is 1740. The van der Waals surface area contributed by atoms with Gasteiger partial charge in [0.2, 0.25) is 0 Å². The van der Waals surface area contributed by atoms with E-state index in [2.05, 4.69) is 101 Å². The number of rotatable bonds is 63. The van der Waals surface area contributed by atoms with E-state index in [-0.39, 0.29) is 20.4 Å². The van der Waals surface area contributed by atoms with E-state index in [1.807, 2.05) is 0 Å². The summed E-state index contributed by atoms with van der Waals surface area (Å²) in [5, 5.41) is 0. The van der Waals surface area contributed by atoms with Crippen LogP contribution in [0.5, 0.6) is 0 Å². The van der Waals surface area contributed by atoms with Gasteiger partial charge in [0.1, 0.15) is 0 Å². The first-order valence-electron chi connectivity index (χ1n) is 37.4. The molecule has 2 aromatic rings. The molecule has 83 heavy (non-hydrogen) atoms. The first-order valence-corrected chi connectivity index (χ1v) is 37.4. The number of nitrogens with zero attached hydrogens (tertiary/aromatic N) is 2. The Morgan fingerprint density at radius 2 is 0.590 bits per heavy atom. The number of benzene rings is 2. The zero-order valence-electron chi connectivity index (χ0n) is 56.2. The first-order chi connectivity index (χ1) is 40.7. The summed E-state index contributed by atoms with van der Waals surface area (Å²) in [4.78, 5) is 11.0. The van der Waals surface area contributed by atoms with Gasteiger partial charge in [-0.05, 0) is 100.0 Å².